The van der Waals surface area contributed by atoms with Crippen molar-refractivity contribution in [3.05, 3.63) is 27.7 Å². The van der Waals surface area contributed by atoms with Crippen molar-refractivity contribution in [3.8, 4) is 0 Å². The zero-order valence-corrected chi connectivity index (χ0v) is 12.2. The highest BCUT2D eigenvalue weighted by atomic mass is 79.9. The number of carbonyl (C=O) groups excluding carboxylic acids is 1. The minimum Gasteiger partial charge on any atom is -0.324 e. The molecule has 0 fully saturated rings. The van der Waals surface area contributed by atoms with E-state index in [0.29, 0.717) is 10.7 Å². The molecule has 0 radical (unpaired) electrons. The second kappa shape index (κ2) is 6.38. The van der Waals surface area contributed by atoms with E-state index in [0.717, 1.165) is 10.9 Å². The molecular weight excluding hydrogens is 304 g/mol. The average molecular weight is 320 g/mol. The van der Waals surface area contributed by atoms with Crippen molar-refractivity contribution in [2.45, 2.75) is 26.3 Å². The van der Waals surface area contributed by atoms with Crippen LogP contribution in [0.4, 0.5) is 5.69 Å². The molecular formula is C12H16BrClN2O. The third-order valence-electron chi connectivity index (χ3n) is 2.75. The Hall–Kier alpha value is -0.580. The highest BCUT2D eigenvalue weighted by Crippen LogP contribution is 2.26. The number of amides is 1. The molecule has 0 aliphatic carbocycles. The van der Waals surface area contributed by atoms with Crippen molar-refractivity contribution in [2.24, 2.45) is 11.7 Å². The van der Waals surface area contributed by atoms with Gasteiger partial charge in [-0.1, -0.05) is 31.9 Å². The van der Waals surface area contributed by atoms with E-state index in [1.54, 1.807) is 18.2 Å². The molecule has 0 saturated heterocycles. The summed E-state index contributed by atoms with van der Waals surface area (Å²) >= 11 is 9.21. The second-order valence-electron chi connectivity index (χ2n) is 4.02. The van der Waals surface area contributed by atoms with E-state index in [2.05, 4.69) is 21.2 Å². The number of carbonyl (C=O) groups is 1. The van der Waals surface area contributed by atoms with Gasteiger partial charge in [0, 0.05) is 9.50 Å². The second-order valence-corrected chi connectivity index (χ2v) is 5.32. The Labute approximate surface area is 115 Å². The maximum Gasteiger partial charge on any atom is 0.241 e. The first-order valence-electron chi connectivity index (χ1n) is 5.47. The molecule has 1 amide bonds. The summed E-state index contributed by atoms with van der Waals surface area (Å²) in [7, 11) is 0. The van der Waals surface area contributed by atoms with Crippen LogP contribution in [0.5, 0.6) is 0 Å². The zero-order chi connectivity index (χ0) is 13.0. The van der Waals surface area contributed by atoms with Gasteiger partial charge in [-0.25, -0.2) is 0 Å². The molecule has 94 valence electrons. The Morgan fingerprint density at radius 3 is 2.82 bits per heavy atom. The molecule has 3 nitrogen and oxygen atoms in total. The predicted molar refractivity (Wildman–Crippen MR) is 75.2 cm³/mol. The third-order valence-corrected chi connectivity index (χ3v) is 3.67. The molecule has 0 aliphatic heterocycles. The van der Waals surface area contributed by atoms with Crippen molar-refractivity contribution in [2.75, 3.05) is 5.32 Å². The van der Waals surface area contributed by atoms with Crippen molar-refractivity contribution in [1.82, 2.24) is 0 Å². The molecule has 1 aromatic rings. The fourth-order valence-electron chi connectivity index (χ4n) is 1.32. The van der Waals surface area contributed by atoms with Crippen molar-refractivity contribution >= 4 is 39.1 Å². The summed E-state index contributed by atoms with van der Waals surface area (Å²) < 4.78 is 0.784. The fraction of sp³-hybridized carbons (Fsp3) is 0.417. The van der Waals surface area contributed by atoms with Crippen LogP contribution in [0.25, 0.3) is 0 Å². The Morgan fingerprint density at radius 2 is 2.24 bits per heavy atom. The first-order chi connectivity index (χ1) is 7.95. The van der Waals surface area contributed by atoms with Gasteiger partial charge in [0.2, 0.25) is 5.91 Å². The van der Waals surface area contributed by atoms with Crippen LogP contribution in [0, 0.1) is 5.92 Å². The molecule has 0 heterocycles. The molecule has 0 saturated carbocycles. The molecule has 0 bridgehead atoms. The SMILES string of the molecule is CC[C@H](C)[C@H](N)C(=O)Nc1cc(Cl)ccc1Br. The topological polar surface area (TPSA) is 55.1 Å². The van der Waals surface area contributed by atoms with E-state index in [9.17, 15) is 4.79 Å². The van der Waals surface area contributed by atoms with E-state index in [4.69, 9.17) is 17.3 Å². The quantitative estimate of drug-likeness (QED) is 0.893. The van der Waals surface area contributed by atoms with Gasteiger partial charge in [0.15, 0.2) is 0 Å². The van der Waals surface area contributed by atoms with Crippen LogP contribution >= 0.6 is 27.5 Å². The van der Waals surface area contributed by atoms with Gasteiger partial charge in [-0.3, -0.25) is 4.79 Å². The van der Waals surface area contributed by atoms with Gasteiger partial charge in [-0.15, -0.1) is 0 Å². The van der Waals surface area contributed by atoms with E-state index in [-0.39, 0.29) is 11.8 Å². The molecule has 5 heteroatoms. The predicted octanol–water partition coefficient (Wildman–Crippen LogP) is 3.41. The minimum absolute atomic E-state index is 0.146. The Kier molecular flexibility index (Phi) is 5.43. The summed E-state index contributed by atoms with van der Waals surface area (Å²) in [5.41, 5.74) is 6.49. The Balaban J connectivity index is 2.77. The van der Waals surface area contributed by atoms with Gasteiger partial charge >= 0.3 is 0 Å². The standard InChI is InChI=1S/C12H16BrClN2O/c1-3-7(2)11(15)12(17)16-10-6-8(14)4-5-9(10)13/h4-7,11H,3,15H2,1-2H3,(H,16,17)/t7-,11-/m0/s1. The maximum atomic E-state index is 11.9. The zero-order valence-electron chi connectivity index (χ0n) is 9.84. The lowest BCUT2D eigenvalue weighted by atomic mass is 9.99. The maximum absolute atomic E-state index is 11.9. The van der Waals surface area contributed by atoms with E-state index in [1.807, 2.05) is 13.8 Å². The van der Waals surface area contributed by atoms with E-state index in [1.165, 1.54) is 0 Å². The summed E-state index contributed by atoms with van der Waals surface area (Å²) in [6.45, 7) is 3.96. The molecule has 0 aliphatic rings. The molecule has 3 N–H and O–H groups in total. The van der Waals surface area contributed by atoms with Crippen LogP contribution < -0.4 is 11.1 Å². The summed E-state index contributed by atoms with van der Waals surface area (Å²) in [6.07, 6.45) is 0.866. The van der Waals surface area contributed by atoms with Gasteiger partial charge in [0.25, 0.3) is 0 Å². The Morgan fingerprint density at radius 1 is 1.59 bits per heavy atom. The van der Waals surface area contributed by atoms with Crippen molar-refractivity contribution < 1.29 is 4.79 Å². The molecule has 1 rings (SSSR count). The first-order valence-corrected chi connectivity index (χ1v) is 6.64. The van der Waals surface area contributed by atoms with Crippen LogP contribution in [0.15, 0.2) is 22.7 Å². The van der Waals surface area contributed by atoms with Crippen molar-refractivity contribution in [3.63, 3.8) is 0 Å². The number of rotatable bonds is 4. The van der Waals surface area contributed by atoms with Crippen LogP contribution in [-0.4, -0.2) is 11.9 Å². The molecule has 0 unspecified atom stereocenters. The summed E-state index contributed by atoms with van der Waals surface area (Å²) in [6, 6.07) is 4.71. The van der Waals surface area contributed by atoms with Crippen LogP contribution in [0.1, 0.15) is 20.3 Å². The summed E-state index contributed by atoms with van der Waals surface area (Å²) in [5.74, 6) is -0.0460. The van der Waals surface area contributed by atoms with Gasteiger partial charge < -0.3 is 11.1 Å². The highest BCUT2D eigenvalue weighted by molar-refractivity contribution is 9.10. The molecule has 1 aromatic carbocycles. The fourth-order valence-corrected chi connectivity index (χ4v) is 1.84. The molecule has 2 atom stereocenters. The molecule has 0 aromatic heterocycles. The number of nitrogens with one attached hydrogen (secondary N) is 1. The lowest BCUT2D eigenvalue weighted by Crippen LogP contribution is -2.40. The largest absolute Gasteiger partial charge is 0.324 e. The molecule has 0 spiro atoms. The first kappa shape index (κ1) is 14.5. The molecule has 17 heavy (non-hydrogen) atoms. The number of hydrogen-bond donors (Lipinski definition) is 2. The monoisotopic (exact) mass is 318 g/mol. The summed E-state index contributed by atoms with van der Waals surface area (Å²) in [4.78, 5) is 11.9. The van der Waals surface area contributed by atoms with Gasteiger partial charge in [0.1, 0.15) is 0 Å². The lowest BCUT2D eigenvalue weighted by molar-refractivity contribution is -0.118. The lowest BCUT2D eigenvalue weighted by Gasteiger charge is -2.18. The smallest absolute Gasteiger partial charge is 0.241 e. The van der Waals surface area contributed by atoms with Gasteiger partial charge in [0.05, 0.1) is 11.7 Å². The normalized spacial score (nSPS) is 14.2. The number of nitrogens with two attached hydrogens (primary N) is 1. The number of benzene rings is 1. The van der Waals surface area contributed by atoms with Crippen LogP contribution in [0.2, 0.25) is 5.02 Å². The van der Waals surface area contributed by atoms with Crippen molar-refractivity contribution in [1.29, 1.82) is 0 Å². The Bertz CT molecular complexity index is 411. The minimum atomic E-state index is -0.508. The highest BCUT2D eigenvalue weighted by Gasteiger charge is 2.20. The summed E-state index contributed by atoms with van der Waals surface area (Å²) in [5, 5.41) is 3.34. The number of halogens is 2. The van der Waals surface area contributed by atoms with Crippen LogP contribution in [0.3, 0.4) is 0 Å². The number of hydrogen-bond acceptors (Lipinski definition) is 2. The number of anilines is 1. The average Bonchev–Trinajstić information content (AvgIpc) is 2.31. The van der Waals surface area contributed by atoms with Gasteiger partial charge in [-0.2, -0.15) is 0 Å². The van der Waals surface area contributed by atoms with Gasteiger partial charge in [-0.05, 0) is 40.0 Å². The van der Waals surface area contributed by atoms with E-state index < -0.39 is 6.04 Å². The third kappa shape index (κ3) is 3.98. The van der Waals surface area contributed by atoms with Crippen LogP contribution in [-0.2, 0) is 4.79 Å². The van der Waals surface area contributed by atoms with E-state index >= 15 is 0 Å².